The molecule has 1 N–H and O–H groups in total. The zero-order chi connectivity index (χ0) is 15.8. The fraction of sp³-hybridized carbons (Fsp3) is 0.538. The van der Waals surface area contributed by atoms with Gasteiger partial charge in [0.05, 0.1) is 16.0 Å². The highest BCUT2D eigenvalue weighted by Crippen LogP contribution is 2.35. The lowest BCUT2D eigenvalue weighted by atomic mass is 9.99. The van der Waals surface area contributed by atoms with E-state index in [0.29, 0.717) is 18.9 Å². The van der Waals surface area contributed by atoms with Crippen molar-refractivity contribution in [2.75, 3.05) is 18.0 Å². The third kappa shape index (κ3) is 3.66. The fourth-order valence-electron chi connectivity index (χ4n) is 2.04. The van der Waals surface area contributed by atoms with E-state index in [1.54, 1.807) is 4.90 Å². The van der Waals surface area contributed by atoms with Crippen LogP contribution in [-0.2, 0) is 11.0 Å². The number of nitrogens with zero attached hydrogens (tertiary/aromatic N) is 2. The molecule has 0 unspecified atom stereocenters. The second-order valence-corrected chi connectivity index (χ2v) is 6.15. The summed E-state index contributed by atoms with van der Waals surface area (Å²) in [6.07, 6.45) is -3.61. The van der Waals surface area contributed by atoms with E-state index in [2.05, 4.69) is 26.2 Å². The summed E-state index contributed by atoms with van der Waals surface area (Å²) in [5, 5.41) is 2.81. The summed E-state index contributed by atoms with van der Waals surface area (Å²) in [5.41, 5.74) is -0.798. The summed E-state index contributed by atoms with van der Waals surface area (Å²) in [7, 11) is 0. The second-order valence-electron chi connectivity index (χ2n) is 5.29. The van der Waals surface area contributed by atoms with Gasteiger partial charge >= 0.3 is 6.18 Å². The van der Waals surface area contributed by atoms with Crippen molar-refractivity contribution in [1.82, 2.24) is 10.3 Å². The highest BCUT2D eigenvalue weighted by molar-refractivity contribution is 9.10. The molecule has 116 valence electrons. The largest absolute Gasteiger partial charge is 0.417 e. The molecular formula is C13H15BrF3N3O. The number of rotatable bonds is 3. The highest BCUT2D eigenvalue weighted by atomic mass is 79.9. The molecule has 1 amide bonds. The van der Waals surface area contributed by atoms with Gasteiger partial charge in [0.15, 0.2) is 0 Å². The number of anilines is 1. The van der Waals surface area contributed by atoms with Crippen LogP contribution in [0.25, 0.3) is 0 Å². The molecule has 21 heavy (non-hydrogen) atoms. The average molecular weight is 366 g/mol. The Hall–Kier alpha value is -1.31. The normalized spacial score (nSPS) is 16.0. The van der Waals surface area contributed by atoms with Crippen LogP contribution in [0, 0.1) is 5.92 Å². The topological polar surface area (TPSA) is 45.2 Å². The minimum atomic E-state index is -4.41. The standard InChI is InChI=1S/C13H15BrF3N3O/c1-7(2)19-12(21)8-5-20(6-8)11-10(14)3-9(4-18-11)13(15,16)17/h3-4,7-8H,5-6H2,1-2H3,(H,19,21). The van der Waals surface area contributed by atoms with Gasteiger partial charge in [-0.1, -0.05) is 0 Å². The van der Waals surface area contributed by atoms with Crippen LogP contribution in [0.2, 0.25) is 0 Å². The third-order valence-electron chi connectivity index (χ3n) is 3.13. The number of aromatic nitrogens is 1. The zero-order valence-electron chi connectivity index (χ0n) is 11.5. The Labute approximate surface area is 128 Å². The molecule has 1 aromatic rings. The summed E-state index contributed by atoms with van der Waals surface area (Å²) in [5.74, 6) is 0.240. The van der Waals surface area contributed by atoms with E-state index in [0.717, 1.165) is 12.3 Å². The first kappa shape index (κ1) is 16.1. The van der Waals surface area contributed by atoms with Crippen LogP contribution in [0.1, 0.15) is 19.4 Å². The van der Waals surface area contributed by atoms with Crippen molar-refractivity contribution in [2.24, 2.45) is 5.92 Å². The molecule has 1 aromatic heterocycles. The third-order valence-corrected chi connectivity index (χ3v) is 3.72. The molecule has 1 fully saturated rings. The molecule has 0 aliphatic carbocycles. The number of pyridine rings is 1. The summed E-state index contributed by atoms with van der Waals surface area (Å²) < 4.78 is 38.0. The van der Waals surface area contributed by atoms with Crippen LogP contribution in [0.3, 0.4) is 0 Å². The maximum Gasteiger partial charge on any atom is 0.417 e. The molecular weight excluding hydrogens is 351 g/mol. The Balaban J connectivity index is 2.01. The number of hydrogen-bond acceptors (Lipinski definition) is 3. The van der Waals surface area contributed by atoms with E-state index in [-0.39, 0.29) is 22.3 Å². The summed E-state index contributed by atoms with van der Waals surface area (Å²) >= 11 is 3.11. The van der Waals surface area contributed by atoms with Crippen molar-refractivity contribution in [3.05, 3.63) is 22.3 Å². The molecule has 2 heterocycles. The number of nitrogens with one attached hydrogen (secondary N) is 1. The number of carbonyl (C=O) groups excluding carboxylic acids is 1. The predicted molar refractivity (Wildman–Crippen MR) is 75.9 cm³/mol. The van der Waals surface area contributed by atoms with Crippen LogP contribution in [-0.4, -0.2) is 30.0 Å². The van der Waals surface area contributed by atoms with Gasteiger partial charge in [0.2, 0.25) is 5.91 Å². The molecule has 0 radical (unpaired) electrons. The van der Waals surface area contributed by atoms with Crippen molar-refractivity contribution < 1.29 is 18.0 Å². The monoisotopic (exact) mass is 365 g/mol. The summed E-state index contributed by atoms with van der Waals surface area (Å²) in [4.78, 5) is 17.4. The summed E-state index contributed by atoms with van der Waals surface area (Å²) in [6, 6.07) is 1.08. The van der Waals surface area contributed by atoms with Gasteiger partial charge in [0, 0.05) is 25.3 Å². The second kappa shape index (κ2) is 5.82. The molecule has 8 heteroatoms. The molecule has 0 atom stereocenters. The van der Waals surface area contributed by atoms with Gasteiger partial charge in [0.25, 0.3) is 0 Å². The molecule has 0 spiro atoms. The van der Waals surface area contributed by atoms with Crippen LogP contribution in [0.4, 0.5) is 19.0 Å². The van der Waals surface area contributed by atoms with Crippen LogP contribution in [0.5, 0.6) is 0 Å². The first-order valence-electron chi connectivity index (χ1n) is 6.46. The smallest absolute Gasteiger partial charge is 0.354 e. The maximum absolute atomic E-state index is 12.6. The van der Waals surface area contributed by atoms with E-state index < -0.39 is 11.7 Å². The Kier molecular flexibility index (Phi) is 4.46. The van der Waals surface area contributed by atoms with Crippen molar-refractivity contribution in [3.8, 4) is 0 Å². The molecule has 0 bridgehead atoms. The van der Waals surface area contributed by atoms with Crippen LogP contribution >= 0.6 is 15.9 Å². The van der Waals surface area contributed by atoms with Crippen LogP contribution < -0.4 is 10.2 Å². The molecule has 4 nitrogen and oxygen atoms in total. The number of carbonyl (C=O) groups is 1. The summed E-state index contributed by atoms with van der Waals surface area (Å²) in [6.45, 7) is 4.66. The van der Waals surface area contributed by atoms with Crippen molar-refractivity contribution >= 4 is 27.7 Å². The lowest BCUT2D eigenvalue weighted by molar-refractivity contribution is -0.137. The molecule has 1 saturated heterocycles. The Bertz CT molecular complexity index is 542. The van der Waals surface area contributed by atoms with Gasteiger partial charge in [-0.05, 0) is 35.8 Å². The minimum Gasteiger partial charge on any atom is -0.354 e. The molecule has 1 aliphatic rings. The van der Waals surface area contributed by atoms with E-state index in [1.807, 2.05) is 13.8 Å². The van der Waals surface area contributed by atoms with Crippen molar-refractivity contribution in [2.45, 2.75) is 26.1 Å². The number of alkyl halides is 3. The first-order chi connectivity index (χ1) is 9.68. The Morgan fingerprint density at radius 3 is 2.57 bits per heavy atom. The quantitative estimate of drug-likeness (QED) is 0.895. The van der Waals surface area contributed by atoms with E-state index in [9.17, 15) is 18.0 Å². The number of halogens is 4. The van der Waals surface area contributed by atoms with E-state index in [4.69, 9.17) is 0 Å². The minimum absolute atomic E-state index is 0.0377. The van der Waals surface area contributed by atoms with Crippen LogP contribution in [0.15, 0.2) is 16.7 Å². The van der Waals surface area contributed by atoms with E-state index >= 15 is 0 Å². The Morgan fingerprint density at radius 1 is 1.48 bits per heavy atom. The molecule has 0 saturated carbocycles. The highest BCUT2D eigenvalue weighted by Gasteiger charge is 2.36. The maximum atomic E-state index is 12.6. The van der Waals surface area contributed by atoms with Gasteiger partial charge in [-0.25, -0.2) is 4.98 Å². The van der Waals surface area contributed by atoms with Crippen molar-refractivity contribution in [1.29, 1.82) is 0 Å². The van der Waals surface area contributed by atoms with Gasteiger partial charge in [-0.2, -0.15) is 13.2 Å². The predicted octanol–water partition coefficient (Wildman–Crippen LogP) is 2.82. The lowest BCUT2D eigenvalue weighted by Crippen LogP contribution is -2.55. The molecule has 2 rings (SSSR count). The SMILES string of the molecule is CC(C)NC(=O)C1CN(c2ncc(C(F)(F)F)cc2Br)C1. The molecule has 0 aromatic carbocycles. The van der Waals surface area contributed by atoms with Gasteiger partial charge in [0.1, 0.15) is 5.82 Å². The lowest BCUT2D eigenvalue weighted by Gasteiger charge is -2.39. The molecule has 1 aliphatic heterocycles. The Morgan fingerprint density at radius 2 is 2.10 bits per heavy atom. The number of hydrogen-bond donors (Lipinski definition) is 1. The first-order valence-corrected chi connectivity index (χ1v) is 7.26. The van der Waals surface area contributed by atoms with Gasteiger partial charge in [-0.3, -0.25) is 4.79 Å². The number of amides is 1. The average Bonchev–Trinajstić information content (AvgIpc) is 2.26. The van der Waals surface area contributed by atoms with Gasteiger partial charge < -0.3 is 10.2 Å². The van der Waals surface area contributed by atoms with E-state index in [1.165, 1.54) is 0 Å². The van der Waals surface area contributed by atoms with Gasteiger partial charge in [-0.15, -0.1) is 0 Å². The fourth-order valence-corrected chi connectivity index (χ4v) is 2.64. The zero-order valence-corrected chi connectivity index (χ0v) is 13.1. The van der Waals surface area contributed by atoms with Crippen molar-refractivity contribution in [3.63, 3.8) is 0 Å².